The molecule has 1 aromatic heterocycles. The van der Waals surface area contributed by atoms with Crippen LogP contribution in [-0.2, 0) is 16.4 Å². The van der Waals surface area contributed by atoms with E-state index in [1.165, 1.54) is 5.56 Å². The van der Waals surface area contributed by atoms with Crippen molar-refractivity contribution in [2.24, 2.45) is 0 Å². The third-order valence-electron chi connectivity index (χ3n) is 4.53. The van der Waals surface area contributed by atoms with Crippen LogP contribution in [0, 0.1) is 0 Å². The molecule has 0 aliphatic carbocycles. The van der Waals surface area contributed by atoms with Crippen molar-refractivity contribution in [2.75, 3.05) is 34.9 Å². The minimum atomic E-state index is -2.94. The van der Waals surface area contributed by atoms with E-state index in [9.17, 15) is 8.42 Å². The lowest BCUT2D eigenvalue weighted by Gasteiger charge is -2.26. The second kappa shape index (κ2) is 7.35. The van der Waals surface area contributed by atoms with E-state index in [0.29, 0.717) is 24.7 Å². The fourth-order valence-electron chi connectivity index (χ4n) is 2.99. The van der Waals surface area contributed by atoms with Crippen molar-refractivity contribution in [3.8, 4) is 0 Å². The van der Waals surface area contributed by atoms with E-state index in [1.54, 1.807) is 6.20 Å². The van der Waals surface area contributed by atoms with Gasteiger partial charge in [-0.25, -0.2) is 8.42 Å². The van der Waals surface area contributed by atoms with E-state index >= 15 is 0 Å². The van der Waals surface area contributed by atoms with Crippen LogP contribution in [0.2, 0.25) is 0 Å². The van der Waals surface area contributed by atoms with Crippen LogP contribution in [-0.4, -0.2) is 54.7 Å². The van der Waals surface area contributed by atoms with Gasteiger partial charge < -0.3 is 9.80 Å². The van der Waals surface area contributed by atoms with E-state index in [-0.39, 0.29) is 17.5 Å². The van der Waals surface area contributed by atoms with Crippen LogP contribution in [0.3, 0.4) is 0 Å². The fraction of sp³-hybridized carbons (Fsp3) is 0.471. The first-order valence-electron chi connectivity index (χ1n) is 8.40. The number of hydrogen-bond donors (Lipinski definition) is 0. The maximum atomic E-state index is 11.7. The van der Waals surface area contributed by atoms with Gasteiger partial charge >= 0.3 is 0 Å². The third-order valence-corrected chi connectivity index (χ3v) is 6.28. The number of rotatable bonds is 6. The van der Waals surface area contributed by atoms with Gasteiger partial charge in [0.25, 0.3) is 0 Å². The van der Waals surface area contributed by atoms with Crippen LogP contribution in [0.4, 0.5) is 11.8 Å². The van der Waals surface area contributed by atoms with E-state index in [1.807, 2.05) is 42.0 Å². The number of aromatic nitrogens is 3. The zero-order chi connectivity index (χ0) is 17.9. The predicted octanol–water partition coefficient (Wildman–Crippen LogP) is 1.52. The molecule has 7 nitrogen and oxygen atoms in total. The van der Waals surface area contributed by atoms with Gasteiger partial charge in [0, 0.05) is 26.2 Å². The Morgan fingerprint density at radius 3 is 2.64 bits per heavy atom. The molecule has 1 saturated heterocycles. The summed E-state index contributed by atoms with van der Waals surface area (Å²) in [5, 5.41) is 8.24. The fourth-order valence-corrected chi connectivity index (χ4v) is 4.76. The molecule has 1 atom stereocenters. The maximum Gasteiger partial charge on any atom is 0.247 e. The molecular weight excluding hydrogens is 338 g/mol. The van der Waals surface area contributed by atoms with Crippen LogP contribution in [0.5, 0.6) is 0 Å². The number of nitrogens with zero attached hydrogens (tertiary/aromatic N) is 5. The average molecular weight is 361 g/mol. The molecule has 0 saturated carbocycles. The van der Waals surface area contributed by atoms with Crippen LogP contribution in [0.25, 0.3) is 0 Å². The Hall–Kier alpha value is -2.22. The molecule has 1 aromatic carbocycles. The Balaban J connectivity index is 1.78. The molecule has 134 valence electrons. The summed E-state index contributed by atoms with van der Waals surface area (Å²) < 4.78 is 23.4. The summed E-state index contributed by atoms with van der Waals surface area (Å²) in [6, 6.07) is 10.1. The molecule has 1 fully saturated rings. The molecule has 0 bridgehead atoms. The highest BCUT2D eigenvalue weighted by Crippen LogP contribution is 2.22. The zero-order valence-electron chi connectivity index (χ0n) is 14.5. The molecule has 0 N–H and O–H groups in total. The lowest BCUT2D eigenvalue weighted by Crippen LogP contribution is -2.34. The molecule has 2 aromatic rings. The SMILES string of the molecule is CCN(Cc1ccccc1)c1nncc(N(C)C2CCS(=O)(=O)C2)n1. The Kier molecular flexibility index (Phi) is 5.17. The average Bonchev–Trinajstić information content (AvgIpc) is 3.00. The van der Waals surface area contributed by atoms with Gasteiger partial charge in [-0.1, -0.05) is 30.3 Å². The summed E-state index contributed by atoms with van der Waals surface area (Å²) in [4.78, 5) is 8.56. The largest absolute Gasteiger partial charge is 0.354 e. The summed E-state index contributed by atoms with van der Waals surface area (Å²) >= 11 is 0. The third kappa shape index (κ3) is 4.25. The second-order valence-corrected chi connectivity index (χ2v) is 8.51. The van der Waals surface area contributed by atoms with E-state index in [0.717, 1.165) is 6.54 Å². The number of sulfone groups is 1. The first-order chi connectivity index (χ1) is 12.0. The van der Waals surface area contributed by atoms with Gasteiger partial charge in [-0.2, -0.15) is 10.1 Å². The molecule has 8 heteroatoms. The van der Waals surface area contributed by atoms with Gasteiger partial charge in [0.05, 0.1) is 17.7 Å². The van der Waals surface area contributed by atoms with E-state index in [2.05, 4.69) is 27.3 Å². The lowest BCUT2D eigenvalue weighted by atomic mass is 10.2. The van der Waals surface area contributed by atoms with E-state index in [4.69, 9.17) is 0 Å². The van der Waals surface area contributed by atoms with Gasteiger partial charge in [0.1, 0.15) is 0 Å². The smallest absolute Gasteiger partial charge is 0.247 e. The van der Waals surface area contributed by atoms with Crippen LogP contribution in [0.1, 0.15) is 18.9 Å². The van der Waals surface area contributed by atoms with Gasteiger partial charge in [0.15, 0.2) is 15.7 Å². The summed E-state index contributed by atoms with van der Waals surface area (Å²) in [5.74, 6) is 1.61. The molecule has 0 radical (unpaired) electrons. The van der Waals surface area contributed by atoms with Gasteiger partial charge in [0.2, 0.25) is 5.95 Å². The summed E-state index contributed by atoms with van der Waals surface area (Å²) in [5.41, 5.74) is 1.17. The molecule has 25 heavy (non-hydrogen) atoms. The highest BCUT2D eigenvalue weighted by molar-refractivity contribution is 7.91. The maximum absolute atomic E-state index is 11.7. The molecule has 0 amide bonds. The molecular formula is C17H23N5O2S. The number of benzene rings is 1. The summed E-state index contributed by atoms with van der Waals surface area (Å²) in [6.07, 6.45) is 2.21. The van der Waals surface area contributed by atoms with Gasteiger partial charge in [-0.3, -0.25) is 0 Å². The Bertz CT molecular complexity index is 813. The van der Waals surface area contributed by atoms with Crippen LogP contribution in [0.15, 0.2) is 36.5 Å². The summed E-state index contributed by atoms with van der Waals surface area (Å²) in [7, 11) is -1.07. The van der Waals surface area contributed by atoms with Gasteiger partial charge in [-0.15, -0.1) is 5.10 Å². The molecule has 1 aliphatic rings. The van der Waals surface area contributed by atoms with Gasteiger partial charge in [-0.05, 0) is 18.9 Å². The Labute approximate surface area is 148 Å². The minimum Gasteiger partial charge on any atom is -0.354 e. The monoisotopic (exact) mass is 361 g/mol. The van der Waals surface area contributed by atoms with Crippen molar-refractivity contribution in [1.82, 2.24) is 15.2 Å². The highest BCUT2D eigenvalue weighted by Gasteiger charge is 2.31. The van der Waals surface area contributed by atoms with Crippen molar-refractivity contribution in [3.05, 3.63) is 42.1 Å². The molecule has 1 unspecified atom stereocenters. The van der Waals surface area contributed by atoms with Crippen molar-refractivity contribution in [2.45, 2.75) is 25.9 Å². The zero-order valence-corrected chi connectivity index (χ0v) is 15.4. The van der Waals surface area contributed by atoms with Crippen molar-refractivity contribution in [1.29, 1.82) is 0 Å². The first kappa shape index (κ1) is 17.6. The van der Waals surface area contributed by atoms with Crippen molar-refractivity contribution in [3.63, 3.8) is 0 Å². The first-order valence-corrected chi connectivity index (χ1v) is 10.2. The minimum absolute atomic E-state index is 0.0567. The summed E-state index contributed by atoms with van der Waals surface area (Å²) in [6.45, 7) is 3.50. The highest BCUT2D eigenvalue weighted by atomic mass is 32.2. The molecule has 1 aliphatic heterocycles. The van der Waals surface area contributed by atoms with Crippen LogP contribution < -0.4 is 9.80 Å². The van der Waals surface area contributed by atoms with Crippen LogP contribution >= 0.6 is 0 Å². The quantitative estimate of drug-likeness (QED) is 0.772. The molecule has 0 spiro atoms. The standard InChI is InChI=1S/C17H23N5O2S/c1-3-22(12-14-7-5-4-6-8-14)17-19-16(11-18-20-17)21(2)15-9-10-25(23,24)13-15/h4-8,11,15H,3,9-10,12-13H2,1-2H3. The Morgan fingerprint density at radius 2 is 2.00 bits per heavy atom. The predicted molar refractivity (Wildman–Crippen MR) is 98.5 cm³/mol. The molecule has 2 heterocycles. The molecule has 3 rings (SSSR count). The topological polar surface area (TPSA) is 79.3 Å². The second-order valence-electron chi connectivity index (χ2n) is 6.28. The normalized spacial score (nSPS) is 18.9. The van der Waals surface area contributed by atoms with Crippen molar-refractivity contribution >= 4 is 21.6 Å². The van der Waals surface area contributed by atoms with E-state index < -0.39 is 9.84 Å². The lowest BCUT2D eigenvalue weighted by molar-refractivity contribution is 0.600. The number of anilines is 2. The van der Waals surface area contributed by atoms with Crippen molar-refractivity contribution < 1.29 is 8.42 Å². The Morgan fingerprint density at radius 1 is 1.24 bits per heavy atom. The number of hydrogen-bond acceptors (Lipinski definition) is 7.